The van der Waals surface area contributed by atoms with Crippen molar-refractivity contribution < 1.29 is 0 Å². The number of pyridine rings is 1. The first-order valence-electron chi connectivity index (χ1n) is 7.48. The summed E-state index contributed by atoms with van der Waals surface area (Å²) in [6.45, 7) is 15.3. The lowest BCUT2D eigenvalue weighted by atomic mass is 9.88. The maximum absolute atomic E-state index is 12.8. The third kappa shape index (κ3) is 3.95. The Kier molecular flexibility index (Phi) is 4.86. The van der Waals surface area contributed by atoms with E-state index in [2.05, 4.69) is 40.7 Å². The molecule has 0 aromatic carbocycles. The lowest BCUT2D eigenvalue weighted by Gasteiger charge is -2.27. The summed E-state index contributed by atoms with van der Waals surface area (Å²) in [5.41, 5.74) is 7.31. The first-order valence-corrected chi connectivity index (χ1v) is 7.48. The third-order valence-electron chi connectivity index (χ3n) is 3.57. The van der Waals surface area contributed by atoms with Crippen LogP contribution in [-0.4, -0.2) is 4.57 Å². The van der Waals surface area contributed by atoms with Gasteiger partial charge in [0.05, 0.1) is 0 Å². The lowest BCUT2D eigenvalue weighted by Crippen LogP contribution is -2.40. The molecule has 0 spiro atoms. The predicted molar refractivity (Wildman–Crippen MR) is 86.1 cm³/mol. The molecule has 0 saturated heterocycles. The van der Waals surface area contributed by atoms with Gasteiger partial charge in [0.25, 0.3) is 5.56 Å². The molecule has 0 aliphatic carbocycles. The SMILES string of the molecule is CC(C)CCn1c(C(C)(C)C)ccc(C(C)(C)N)c1=O. The topological polar surface area (TPSA) is 48.0 Å². The molecule has 0 unspecified atom stereocenters. The van der Waals surface area contributed by atoms with E-state index in [-0.39, 0.29) is 11.0 Å². The van der Waals surface area contributed by atoms with Crippen molar-refractivity contribution >= 4 is 0 Å². The van der Waals surface area contributed by atoms with Crippen LogP contribution in [0.5, 0.6) is 0 Å². The maximum atomic E-state index is 12.8. The molecule has 0 saturated carbocycles. The Morgan fingerprint density at radius 3 is 2.10 bits per heavy atom. The second-order valence-corrected chi connectivity index (χ2v) is 7.74. The first-order chi connectivity index (χ1) is 8.94. The molecular formula is C17H30N2O. The molecule has 3 heteroatoms. The van der Waals surface area contributed by atoms with Crippen LogP contribution in [0.1, 0.15) is 66.1 Å². The minimum atomic E-state index is -0.604. The van der Waals surface area contributed by atoms with E-state index in [0.29, 0.717) is 11.5 Å². The molecular weight excluding hydrogens is 248 g/mol. The van der Waals surface area contributed by atoms with E-state index < -0.39 is 5.54 Å². The molecule has 3 nitrogen and oxygen atoms in total. The van der Waals surface area contributed by atoms with Crippen LogP contribution in [-0.2, 0) is 17.5 Å². The van der Waals surface area contributed by atoms with Crippen molar-refractivity contribution in [1.29, 1.82) is 0 Å². The molecule has 0 amide bonds. The van der Waals surface area contributed by atoms with Gasteiger partial charge in [-0.2, -0.15) is 0 Å². The van der Waals surface area contributed by atoms with E-state index in [1.807, 2.05) is 24.5 Å². The molecule has 0 radical (unpaired) electrons. The molecule has 0 fully saturated rings. The van der Waals surface area contributed by atoms with Gasteiger partial charge in [-0.3, -0.25) is 4.79 Å². The Morgan fingerprint density at radius 2 is 1.70 bits per heavy atom. The van der Waals surface area contributed by atoms with E-state index >= 15 is 0 Å². The van der Waals surface area contributed by atoms with Gasteiger partial charge in [0, 0.05) is 28.8 Å². The van der Waals surface area contributed by atoms with Crippen molar-refractivity contribution in [3.05, 3.63) is 33.7 Å². The fraction of sp³-hybridized carbons (Fsp3) is 0.706. The number of rotatable bonds is 4. The highest BCUT2D eigenvalue weighted by atomic mass is 16.1. The molecule has 114 valence electrons. The zero-order valence-corrected chi connectivity index (χ0v) is 14.1. The van der Waals surface area contributed by atoms with E-state index in [9.17, 15) is 4.79 Å². The highest BCUT2D eigenvalue weighted by Gasteiger charge is 2.24. The van der Waals surface area contributed by atoms with Crippen LogP contribution in [0, 0.1) is 5.92 Å². The van der Waals surface area contributed by atoms with Gasteiger partial charge >= 0.3 is 0 Å². The van der Waals surface area contributed by atoms with Crippen molar-refractivity contribution in [3.8, 4) is 0 Å². The first kappa shape index (κ1) is 17.0. The fourth-order valence-electron chi connectivity index (χ4n) is 2.33. The molecule has 1 rings (SSSR count). The monoisotopic (exact) mass is 278 g/mol. The summed E-state index contributed by atoms with van der Waals surface area (Å²) in [4.78, 5) is 12.8. The summed E-state index contributed by atoms with van der Waals surface area (Å²) in [6.07, 6.45) is 0.997. The molecule has 0 aliphatic heterocycles. The van der Waals surface area contributed by atoms with Crippen LogP contribution >= 0.6 is 0 Å². The average molecular weight is 278 g/mol. The highest BCUT2D eigenvalue weighted by Crippen LogP contribution is 2.23. The Morgan fingerprint density at radius 1 is 1.15 bits per heavy atom. The van der Waals surface area contributed by atoms with Crippen LogP contribution in [0.4, 0.5) is 0 Å². The summed E-state index contributed by atoms with van der Waals surface area (Å²) in [6, 6.07) is 3.96. The second-order valence-electron chi connectivity index (χ2n) is 7.74. The molecule has 0 bridgehead atoms. The lowest BCUT2D eigenvalue weighted by molar-refractivity contribution is 0.444. The van der Waals surface area contributed by atoms with Gasteiger partial charge in [0.1, 0.15) is 0 Å². The van der Waals surface area contributed by atoms with Gasteiger partial charge in [-0.05, 0) is 38.3 Å². The minimum Gasteiger partial charge on any atom is -0.322 e. The Labute approximate surface area is 123 Å². The van der Waals surface area contributed by atoms with Crippen molar-refractivity contribution in [2.24, 2.45) is 11.7 Å². The quantitative estimate of drug-likeness (QED) is 0.917. The summed E-state index contributed by atoms with van der Waals surface area (Å²) in [5.74, 6) is 0.573. The number of nitrogens with zero attached hydrogens (tertiary/aromatic N) is 1. The number of nitrogens with two attached hydrogens (primary N) is 1. The van der Waals surface area contributed by atoms with E-state index in [4.69, 9.17) is 5.73 Å². The van der Waals surface area contributed by atoms with Crippen molar-refractivity contribution in [1.82, 2.24) is 4.57 Å². The summed E-state index contributed by atoms with van der Waals surface area (Å²) in [5, 5.41) is 0. The van der Waals surface area contributed by atoms with Gasteiger partial charge in [-0.25, -0.2) is 0 Å². The fourth-order valence-corrected chi connectivity index (χ4v) is 2.33. The second kappa shape index (κ2) is 5.72. The zero-order valence-electron chi connectivity index (χ0n) is 14.1. The molecule has 20 heavy (non-hydrogen) atoms. The summed E-state index contributed by atoms with van der Waals surface area (Å²) in [7, 11) is 0. The van der Waals surface area contributed by atoms with Crippen LogP contribution in [0.25, 0.3) is 0 Å². The van der Waals surface area contributed by atoms with Crippen LogP contribution < -0.4 is 11.3 Å². The molecule has 1 heterocycles. The molecule has 0 aliphatic rings. The molecule has 1 aromatic heterocycles. The smallest absolute Gasteiger partial charge is 0.255 e. The summed E-state index contributed by atoms with van der Waals surface area (Å²) < 4.78 is 1.92. The molecule has 0 atom stereocenters. The van der Waals surface area contributed by atoms with Gasteiger partial charge in [-0.15, -0.1) is 0 Å². The Hall–Kier alpha value is -1.09. The maximum Gasteiger partial charge on any atom is 0.255 e. The average Bonchev–Trinajstić information content (AvgIpc) is 2.23. The van der Waals surface area contributed by atoms with Crippen LogP contribution in [0.2, 0.25) is 0 Å². The molecule has 1 aromatic rings. The largest absolute Gasteiger partial charge is 0.322 e. The number of aromatic nitrogens is 1. The van der Waals surface area contributed by atoms with Crippen LogP contribution in [0.3, 0.4) is 0 Å². The van der Waals surface area contributed by atoms with Crippen molar-refractivity contribution in [2.75, 3.05) is 0 Å². The van der Waals surface area contributed by atoms with E-state index in [0.717, 1.165) is 18.7 Å². The normalized spacial score (nSPS) is 13.1. The minimum absolute atomic E-state index is 0.0482. The Balaban J connectivity index is 3.43. The highest BCUT2D eigenvalue weighted by molar-refractivity contribution is 5.25. The van der Waals surface area contributed by atoms with Crippen LogP contribution in [0.15, 0.2) is 16.9 Å². The number of hydrogen-bond acceptors (Lipinski definition) is 2. The van der Waals surface area contributed by atoms with Crippen molar-refractivity contribution in [2.45, 2.75) is 72.4 Å². The zero-order chi connectivity index (χ0) is 15.7. The van der Waals surface area contributed by atoms with E-state index in [1.165, 1.54) is 0 Å². The van der Waals surface area contributed by atoms with Gasteiger partial charge in [0.15, 0.2) is 0 Å². The van der Waals surface area contributed by atoms with Gasteiger partial charge < -0.3 is 10.3 Å². The predicted octanol–water partition coefficient (Wildman–Crippen LogP) is 3.39. The third-order valence-corrected chi connectivity index (χ3v) is 3.57. The molecule has 2 N–H and O–H groups in total. The van der Waals surface area contributed by atoms with Gasteiger partial charge in [-0.1, -0.05) is 34.6 Å². The van der Waals surface area contributed by atoms with Crippen molar-refractivity contribution in [3.63, 3.8) is 0 Å². The standard InChI is InChI=1S/C17H30N2O/c1-12(2)10-11-19-14(16(3,4)5)9-8-13(15(19)20)17(6,7)18/h8-9,12H,10-11,18H2,1-7H3. The Bertz CT molecular complexity index is 513. The van der Waals surface area contributed by atoms with Gasteiger partial charge in [0.2, 0.25) is 0 Å². The number of hydrogen-bond donors (Lipinski definition) is 1. The van der Waals surface area contributed by atoms with E-state index in [1.54, 1.807) is 0 Å². The summed E-state index contributed by atoms with van der Waals surface area (Å²) >= 11 is 0.